The monoisotopic (exact) mass is 468 g/mol. The van der Waals surface area contributed by atoms with Crippen molar-refractivity contribution in [1.82, 2.24) is 4.90 Å². The highest BCUT2D eigenvalue weighted by Gasteiger charge is 2.30. The van der Waals surface area contributed by atoms with Crippen LogP contribution in [-0.4, -0.2) is 41.2 Å². The van der Waals surface area contributed by atoms with Crippen LogP contribution in [0, 0.1) is 0 Å². The van der Waals surface area contributed by atoms with Crippen molar-refractivity contribution in [2.75, 3.05) is 14.2 Å². The number of halogens is 1. The first-order valence-electron chi connectivity index (χ1n) is 9.39. The fourth-order valence-corrected chi connectivity index (χ4v) is 4.14. The van der Waals surface area contributed by atoms with Crippen molar-refractivity contribution in [1.29, 1.82) is 0 Å². The number of ether oxygens (including phenoxy) is 1. The number of rotatable bonds is 5. The zero-order chi connectivity index (χ0) is 22.8. The third-order valence-electron chi connectivity index (χ3n) is 4.68. The lowest BCUT2D eigenvalue weighted by Crippen LogP contribution is -2.23. The van der Waals surface area contributed by atoms with Crippen molar-refractivity contribution in [3.63, 3.8) is 0 Å². The van der Waals surface area contributed by atoms with Crippen LogP contribution in [-0.2, 0) is 4.79 Å². The lowest BCUT2D eigenvalue weighted by atomic mass is 10.1. The average Bonchev–Trinajstić information content (AvgIpc) is 3.35. The van der Waals surface area contributed by atoms with Crippen molar-refractivity contribution in [3.05, 3.63) is 75.8 Å². The molecule has 0 saturated carbocycles. The molecule has 1 aliphatic heterocycles. The summed E-state index contributed by atoms with van der Waals surface area (Å²) in [6, 6.07) is 15.3. The second-order valence-corrected chi connectivity index (χ2v) is 8.19. The quantitative estimate of drug-likeness (QED) is 0.494. The van der Waals surface area contributed by atoms with Gasteiger partial charge in [-0.3, -0.25) is 9.69 Å². The number of thioether (sulfide) groups is 1. The second kappa shape index (κ2) is 8.94. The van der Waals surface area contributed by atoms with E-state index in [-0.39, 0.29) is 16.5 Å². The van der Waals surface area contributed by atoms with Gasteiger partial charge >= 0.3 is 5.97 Å². The van der Waals surface area contributed by atoms with Crippen LogP contribution < -0.4 is 4.74 Å². The molecule has 162 valence electrons. The number of carbonyl (C=O) groups is 2. The Morgan fingerprint density at radius 2 is 1.94 bits per heavy atom. The molecular weight excluding hydrogens is 452 g/mol. The molecule has 1 N–H and O–H groups in total. The molecule has 9 heteroatoms. The van der Waals surface area contributed by atoms with Gasteiger partial charge in [0, 0.05) is 18.7 Å². The molecule has 0 radical (unpaired) electrons. The van der Waals surface area contributed by atoms with E-state index in [0.29, 0.717) is 32.8 Å². The summed E-state index contributed by atoms with van der Waals surface area (Å²) in [5.74, 6) is 0.335. The number of furan rings is 1. The molecule has 0 atom stereocenters. The number of hydrogen-bond acceptors (Lipinski definition) is 6. The van der Waals surface area contributed by atoms with E-state index in [4.69, 9.17) is 20.8 Å². The van der Waals surface area contributed by atoms with E-state index in [1.165, 1.54) is 28.8 Å². The lowest BCUT2D eigenvalue weighted by Gasteiger charge is -2.07. The van der Waals surface area contributed by atoms with Gasteiger partial charge in [0.2, 0.25) is 0 Å². The molecule has 0 aliphatic carbocycles. The predicted molar refractivity (Wildman–Crippen MR) is 125 cm³/mol. The topological polar surface area (TPSA) is 92.3 Å². The number of carboxylic acid groups (broad SMARTS) is 1. The van der Waals surface area contributed by atoms with Crippen LogP contribution in [0.4, 0.5) is 5.69 Å². The standard InChI is InChI=1S/C23H17ClN2O5S/c1-26-21(27)20(32-23(26)25-14-4-6-15(30-2)7-5-14)12-16-8-10-19(31-16)13-3-9-18(24)17(11-13)22(28)29/h3-12H,1-2H3,(H,28,29)/b20-12+,25-23?. The Morgan fingerprint density at radius 3 is 2.62 bits per heavy atom. The van der Waals surface area contributed by atoms with E-state index >= 15 is 0 Å². The van der Waals surface area contributed by atoms with Crippen molar-refractivity contribution in [2.45, 2.75) is 0 Å². The molecule has 1 saturated heterocycles. The van der Waals surface area contributed by atoms with Crippen LogP contribution >= 0.6 is 23.4 Å². The molecule has 2 heterocycles. The number of benzene rings is 2. The van der Waals surface area contributed by atoms with Crippen LogP contribution in [0.15, 0.2) is 68.9 Å². The number of carboxylic acids is 1. The number of hydrogen-bond donors (Lipinski definition) is 1. The van der Waals surface area contributed by atoms with E-state index < -0.39 is 5.97 Å². The molecule has 2 aromatic carbocycles. The predicted octanol–water partition coefficient (Wildman–Crippen LogP) is 5.54. The Morgan fingerprint density at radius 1 is 1.19 bits per heavy atom. The first-order valence-corrected chi connectivity index (χ1v) is 10.6. The molecule has 1 aliphatic rings. The summed E-state index contributed by atoms with van der Waals surface area (Å²) >= 11 is 7.17. The summed E-state index contributed by atoms with van der Waals surface area (Å²) < 4.78 is 11.0. The van der Waals surface area contributed by atoms with Crippen LogP contribution in [0.3, 0.4) is 0 Å². The Bertz CT molecular complexity index is 1260. The van der Waals surface area contributed by atoms with Gasteiger partial charge in [0.05, 0.1) is 28.3 Å². The summed E-state index contributed by atoms with van der Waals surface area (Å²) in [5.41, 5.74) is 1.26. The number of aromatic carboxylic acids is 1. The number of amides is 1. The van der Waals surface area contributed by atoms with E-state index in [1.807, 2.05) is 12.1 Å². The van der Waals surface area contributed by atoms with Gasteiger partial charge in [-0.2, -0.15) is 0 Å². The maximum atomic E-state index is 12.7. The second-order valence-electron chi connectivity index (χ2n) is 6.77. The molecule has 0 spiro atoms. The number of nitrogens with zero attached hydrogens (tertiary/aromatic N) is 2. The number of amidine groups is 1. The Hall–Kier alpha value is -3.49. The number of carbonyl (C=O) groups excluding carboxylic acids is 1. The van der Waals surface area contributed by atoms with Crippen molar-refractivity contribution >= 4 is 52.2 Å². The molecule has 1 amide bonds. The third-order valence-corrected chi connectivity index (χ3v) is 6.07. The smallest absolute Gasteiger partial charge is 0.337 e. The van der Waals surface area contributed by atoms with E-state index in [9.17, 15) is 14.7 Å². The number of likely N-dealkylation sites (N-methyl/N-ethyl adjacent to an activating group) is 1. The Balaban J connectivity index is 1.58. The summed E-state index contributed by atoms with van der Waals surface area (Å²) in [4.78, 5) is 30.4. The first kappa shape index (κ1) is 21.7. The SMILES string of the molecule is COc1ccc(N=C2S/C(=C/c3ccc(-c4ccc(Cl)c(C(=O)O)c4)o3)C(=O)N2C)cc1. The maximum absolute atomic E-state index is 12.7. The molecule has 32 heavy (non-hydrogen) atoms. The normalized spacial score (nSPS) is 16.2. The van der Waals surface area contributed by atoms with Gasteiger partial charge in [-0.1, -0.05) is 11.6 Å². The molecule has 0 unspecified atom stereocenters. The van der Waals surface area contributed by atoms with Gasteiger partial charge in [-0.15, -0.1) is 0 Å². The highest BCUT2D eigenvalue weighted by atomic mass is 35.5. The van der Waals surface area contributed by atoms with Crippen LogP contribution in [0.2, 0.25) is 5.02 Å². The summed E-state index contributed by atoms with van der Waals surface area (Å²) in [6.45, 7) is 0. The zero-order valence-electron chi connectivity index (χ0n) is 17.0. The molecule has 0 bridgehead atoms. The van der Waals surface area contributed by atoms with Gasteiger partial charge < -0.3 is 14.3 Å². The van der Waals surface area contributed by atoms with Gasteiger partial charge in [0.25, 0.3) is 5.91 Å². The Labute approximate surface area is 193 Å². The van der Waals surface area contributed by atoms with Crippen LogP contribution in [0.1, 0.15) is 16.1 Å². The number of aliphatic imine (C=N–C) groups is 1. The zero-order valence-corrected chi connectivity index (χ0v) is 18.6. The molecular formula is C23H17ClN2O5S. The van der Waals surface area contributed by atoms with Crippen LogP contribution in [0.5, 0.6) is 5.75 Å². The van der Waals surface area contributed by atoms with Gasteiger partial charge in [0.1, 0.15) is 17.3 Å². The highest BCUT2D eigenvalue weighted by molar-refractivity contribution is 8.18. The van der Waals surface area contributed by atoms with Crippen LogP contribution in [0.25, 0.3) is 17.4 Å². The molecule has 1 aromatic heterocycles. The maximum Gasteiger partial charge on any atom is 0.337 e. The molecule has 3 aromatic rings. The van der Waals surface area contributed by atoms with Crippen molar-refractivity contribution < 1.29 is 23.8 Å². The fourth-order valence-electron chi connectivity index (χ4n) is 2.98. The van der Waals surface area contributed by atoms with Gasteiger partial charge in [-0.05, 0) is 66.4 Å². The fraction of sp³-hybridized carbons (Fsp3) is 0.0870. The minimum atomic E-state index is -1.12. The van der Waals surface area contributed by atoms with E-state index in [0.717, 1.165) is 5.75 Å². The Kier molecular flexibility index (Phi) is 6.07. The first-order chi connectivity index (χ1) is 15.4. The van der Waals surface area contributed by atoms with Gasteiger partial charge in [0.15, 0.2) is 5.17 Å². The lowest BCUT2D eigenvalue weighted by molar-refractivity contribution is -0.121. The van der Waals surface area contributed by atoms with E-state index in [2.05, 4.69) is 4.99 Å². The average molecular weight is 469 g/mol. The minimum Gasteiger partial charge on any atom is -0.497 e. The van der Waals surface area contributed by atoms with Gasteiger partial charge in [-0.25, -0.2) is 9.79 Å². The molecule has 4 rings (SSSR count). The van der Waals surface area contributed by atoms with Crippen molar-refractivity contribution in [2.24, 2.45) is 4.99 Å². The summed E-state index contributed by atoms with van der Waals surface area (Å²) in [7, 11) is 3.25. The molecule has 7 nitrogen and oxygen atoms in total. The van der Waals surface area contributed by atoms with Crippen molar-refractivity contribution in [3.8, 4) is 17.1 Å². The molecule has 1 fully saturated rings. The third kappa shape index (κ3) is 4.42. The van der Waals surface area contributed by atoms with E-state index in [1.54, 1.807) is 50.6 Å². The largest absolute Gasteiger partial charge is 0.497 e. The summed E-state index contributed by atoms with van der Waals surface area (Å²) in [5, 5.41) is 9.95. The minimum absolute atomic E-state index is 0.0111. The highest BCUT2D eigenvalue weighted by Crippen LogP contribution is 2.34. The number of methoxy groups -OCH3 is 1. The summed E-state index contributed by atoms with van der Waals surface area (Å²) in [6.07, 6.45) is 1.64.